The van der Waals surface area contributed by atoms with Crippen LogP contribution in [-0.2, 0) is 19.5 Å². The smallest absolute Gasteiger partial charge is 0.413 e. The summed E-state index contributed by atoms with van der Waals surface area (Å²) < 4.78 is 33.2. The molecule has 19 heavy (non-hydrogen) atoms. The second-order valence-electron chi connectivity index (χ2n) is 3.87. The van der Waals surface area contributed by atoms with Crippen LogP contribution in [0.2, 0.25) is 0 Å². The summed E-state index contributed by atoms with van der Waals surface area (Å²) in [5.41, 5.74) is 7.51. The van der Waals surface area contributed by atoms with Crippen LogP contribution in [0.25, 0.3) is 0 Å². The average Bonchev–Trinajstić information content (AvgIpc) is 2.25. The van der Waals surface area contributed by atoms with Crippen molar-refractivity contribution in [1.82, 2.24) is 10.4 Å². The van der Waals surface area contributed by atoms with Crippen molar-refractivity contribution in [3.63, 3.8) is 0 Å². The monoisotopic (exact) mass is 295 g/mol. The molecule has 2 amide bonds. The highest BCUT2D eigenvalue weighted by Gasteiger charge is 2.34. The molecule has 0 spiro atoms. The standard InChI is InChI=1S/C8H13N3O7S/c1-4-2-6(7(9)12)11(8(13)14)3-5(4)10-18-19(15,16)17/h2,5-6,10H,3H2,1H3,(H2,9,12)(H,13,14)(H,15,16,17)/t5-,6-/m0/s1. The summed E-state index contributed by atoms with van der Waals surface area (Å²) in [6.45, 7) is 1.26. The van der Waals surface area contributed by atoms with Gasteiger partial charge in [-0.3, -0.25) is 14.2 Å². The van der Waals surface area contributed by atoms with Crippen LogP contribution in [0, 0.1) is 0 Å². The lowest BCUT2D eigenvalue weighted by Gasteiger charge is -2.34. The predicted molar refractivity (Wildman–Crippen MR) is 61.0 cm³/mol. The molecule has 1 aliphatic rings. The van der Waals surface area contributed by atoms with Crippen molar-refractivity contribution < 1.29 is 31.9 Å². The molecule has 0 saturated heterocycles. The van der Waals surface area contributed by atoms with Crippen LogP contribution in [0.15, 0.2) is 11.6 Å². The van der Waals surface area contributed by atoms with E-state index >= 15 is 0 Å². The van der Waals surface area contributed by atoms with Crippen molar-refractivity contribution in [2.75, 3.05) is 6.54 Å². The second kappa shape index (κ2) is 5.52. The Morgan fingerprint density at radius 2 is 2.16 bits per heavy atom. The Hall–Kier alpha value is -1.69. The Balaban J connectivity index is 2.90. The first-order chi connectivity index (χ1) is 8.61. The van der Waals surface area contributed by atoms with Crippen LogP contribution in [0.3, 0.4) is 0 Å². The van der Waals surface area contributed by atoms with Gasteiger partial charge in [-0.2, -0.15) is 18.2 Å². The first kappa shape index (κ1) is 15.4. The van der Waals surface area contributed by atoms with E-state index in [4.69, 9.17) is 15.4 Å². The van der Waals surface area contributed by atoms with E-state index in [2.05, 4.69) is 4.28 Å². The number of hydrogen-bond acceptors (Lipinski definition) is 6. The van der Waals surface area contributed by atoms with Gasteiger partial charge in [-0.05, 0) is 6.92 Å². The topological polar surface area (TPSA) is 159 Å². The first-order valence-corrected chi connectivity index (χ1v) is 6.37. The van der Waals surface area contributed by atoms with Crippen molar-refractivity contribution in [3.8, 4) is 0 Å². The van der Waals surface area contributed by atoms with Crippen molar-refractivity contribution in [2.45, 2.75) is 19.0 Å². The number of hydroxylamine groups is 1. The summed E-state index contributed by atoms with van der Waals surface area (Å²) in [5.74, 6) is -0.851. The molecule has 0 aromatic carbocycles. The van der Waals surface area contributed by atoms with E-state index in [9.17, 15) is 18.0 Å². The molecule has 0 saturated carbocycles. The normalized spacial score (nSPS) is 23.9. The van der Waals surface area contributed by atoms with Crippen LogP contribution < -0.4 is 11.2 Å². The SMILES string of the molecule is CC1=C[C@@H](C(N)=O)N(C(=O)O)C[C@@H]1NOS(=O)(=O)O. The fraction of sp³-hybridized carbons (Fsp3) is 0.500. The van der Waals surface area contributed by atoms with Gasteiger partial charge < -0.3 is 10.8 Å². The van der Waals surface area contributed by atoms with Gasteiger partial charge in [0.05, 0.1) is 6.04 Å². The molecule has 1 rings (SSSR count). The van der Waals surface area contributed by atoms with E-state index in [0.29, 0.717) is 5.57 Å². The van der Waals surface area contributed by atoms with Crippen LogP contribution in [0.5, 0.6) is 0 Å². The maximum atomic E-state index is 11.1. The minimum absolute atomic E-state index is 0.263. The van der Waals surface area contributed by atoms with Gasteiger partial charge in [0.25, 0.3) is 0 Å². The maximum Gasteiger partial charge on any atom is 0.413 e. The number of carbonyl (C=O) groups is 2. The van der Waals surface area contributed by atoms with Crippen molar-refractivity contribution >= 4 is 22.4 Å². The Morgan fingerprint density at radius 3 is 2.58 bits per heavy atom. The molecule has 10 nitrogen and oxygen atoms in total. The molecule has 0 aromatic rings. The molecule has 0 bridgehead atoms. The molecule has 0 aromatic heterocycles. The Bertz CT molecular complexity index is 514. The largest absolute Gasteiger partial charge is 0.465 e. The third-order valence-electron chi connectivity index (χ3n) is 2.52. The molecule has 5 N–H and O–H groups in total. The number of primary amides is 1. The summed E-state index contributed by atoms with van der Waals surface area (Å²) in [6.07, 6.45) is -0.128. The number of rotatable bonds is 4. The number of carboxylic acid groups (broad SMARTS) is 1. The molecule has 0 unspecified atom stereocenters. The third-order valence-corrected chi connectivity index (χ3v) is 2.83. The summed E-state index contributed by atoms with van der Waals surface area (Å²) in [6, 6.07) is -1.98. The Morgan fingerprint density at radius 1 is 1.58 bits per heavy atom. The van der Waals surface area contributed by atoms with E-state index in [-0.39, 0.29) is 6.54 Å². The van der Waals surface area contributed by atoms with Gasteiger partial charge in [-0.15, -0.1) is 0 Å². The molecule has 0 aliphatic carbocycles. The second-order valence-corrected chi connectivity index (χ2v) is 4.90. The number of hydrogen-bond donors (Lipinski definition) is 4. The van der Waals surface area contributed by atoms with E-state index in [1.165, 1.54) is 13.0 Å². The highest BCUT2D eigenvalue weighted by atomic mass is 32.3. The van der Waals surface area contributed by atoms with Gasteiger partial charge in [0, 0.05) is 6.54 Å². The quantitative estimate of drug-likeness (QED) is 0.276. The lowest BCUT2D eigenvalue weighted by Crippen LogP contribution is -2.55. The zero-order valence-electron chi connectivity index (χ0n) is 9.81. The van der Waals surface area contributed by atoms with E-state index in [0.717, 1.165) is 4.90 Å². The van der Waals surface area contributed by atoms with Crippen molar-refractivity contribution in [2.24, 2.45) is 5.73 Å². The molecule has 108 valence electrons. The zero-order chi connectivity index (χ0) is 14.8. The lowest BCUT2D eigenvalue weighted by atomic mass is 9.99. The summed E-state index contributed by atoms with van der Waals surface area (Å²) in [5, 5.41) is 8.94. The van der Waals surface area contributed by atoms with Gasteiger partial charge in [0.15, 0.2) is 0 Å². The number of nitrogens with one attached hydrogen (secondary N) is 1. The van der Waals surface area contributed by atoms with E-state index < -0.39 is 34.5 Å². The van der Waals surface area contributed by atoms with Crippen LogP contribution in [0.1, 0.15) is 6.92 Å². The molecule has 11 heteroatoms. The number of amides is 2. The highest BCUT2D eigenvalue weighted by molar-refractivity contribution is 7.80. The van der Waals surface area contributed by atoms with Gasteiger partial charge in [-0.25, -0.2) is 4.79 Å². The van der Waals surface area contributed by atoms with Gasteiger partial charge >= 0.3 is 16.5 Å². The number of carbonyl (C=O) groups excluding carboxylic acids is 1. The summed E-state index contributed by atoms with van der Waals surface area (Å²) in [4.78, 5) is 22.8. The van der Waals surface area contributed by atoms with Gasteiger partial charge in [-0.1, -0.05) is 11.6 Å². The van der Waals surface area contributed by atoms with Crippen molar-refractivity contribution in [3.05, 3.63) is 11.6 Å². The van der Waals surface area contributed by atoms with Gasteiger partial charge in [0.2, 0.25) is 5.91 Å². The first-order valence-electron chi connectivity index (χ1n) is 5.00. The molecule has 1 aliphatic heterocycles. The molecule has 1 heterocycles. The number of nitrogens with zero attached hydrogens (tertiary/aromatic N) is 1. The van der Waals surface area contributed by atoms with E-state index in [1.807, 2.05) is 5.48 Å². The number of nitrogens with two attached hydrogens (primary N) is 1. The maximum absolute atomic E-state index is 11.1. The highest BCUT2D eigenvalue weighted by Crippen LogP contribution is 2.17. The zero-order valence-corrected chi connectivity index (χ0v) is 10.6. The molecule has 0 radical (unpaired) electrons. The van der Waals surface area contributed by atoms with Crippen LogP contribution in [-0.4, -0.2) is 53.6 Å². The van der Waals surface area contributed by atoms with E-state index in [1.54, 1.807) is 0 Å². The fourth-order valence-electron chi connectivity index (χ4n) is 1.59. The summed E-state index contributed by atoms with van der Waals surface area (Å²) in [7, 11) is -4.71. The third kappa shape index (κ3) is 4.17. The van der Waals surface area contributed by atoms with Crippen LogP contribution >= 0.6 is 0 Å². The minimum atomic E-state index is -4.71. The van der Waals surface area contributed by atoms with Crippen molar-refractivity contribution in [1.29, 1.82) is 0 Å². The van der Waals surface area contributed by atoms with Gasteiger partial charge in [0.1, 0.15) is 6.04 Å². The molecule has 0 fully saturated rings. The van der Waals surface area contributed by atoms with Crippen LogP contribution in [0.4, 0.5) is 4.79 Å². The predicted octanol–water partition coefficient (Wildman–Crippen LogP) is -1.53. The Kier molecular flexibility index (Phi) is 4.47. The Labute approximate surface area is 108 Å². The average molecular weight is 295 g/mol. The summed E-state index contributed by atoms with van der Waals surface area (Å²) >= 11 is 0. The lowest BCUT2D eigenvalue weighted by molar-refractivity contribution is -0.121. The minimum Gasteiger partial charge on any atom is -0.465 e. The molecular weight excluding hydrogens is 282 g/mol. The molecule has 2 atom stereocenters. The molecular formula is C8H13N3O7S. The fourth-order valence-corrected chi connectivity index (χ4v) is 1.83.